The summed E-state index contributed by atoms with van der Waals surface area (Å²) in [7, 11) is 0. The first kappa shape index (κ1) is 15.0. The lowest BCUT2D eigenvalue weighted by atomic mass is 9.81. The largest absolute Gasteiger partial charge is 0.313 e. The van der Waals surface area contributed by atoms with E-state index in [1.807, 2.05) is 0 Å². The molecule has 0 aliphatic carbocycles. The van der Waals surface area contributed by atoms with Gasteiger partial charge in [0.25, 0.3) is 0 Å². The van der Waals surface area contributed by atoms with E-state index in [-0.39, 0.29) is 5.54 Å². The minimum Gasteiger partial charge on any atom is -0.313 e. The average molecular weight is 240 g/mol. The zero-order valence-corrected chi connectivity index (χ0v) is 12.7. The maximum absolute atomic E-state index is 3.74. The second kappa shape index (κ2) is 5.71. The van der Waals surface area contributed by atoms with Crippen molar-refractivity contribution >= 4 is 0 Å². The van der Waals surface area contributed by atoms with Crippen molar-refractivity contribution in [1.29, 1.82) is 0 Å². The minimum atomic E-state index is 0.237. The number of piperidine rings is 1. The van der Waals surface area contributed by atoms with Crippen LogP contribution in [-0.2, 0) is 0 Å². The maximum Gasteiger partial charge on any atom is 0.0195 e. The van der Waals surface area contributed by atoms with Gasteiger partial charge in [-0.25, -0.2) is 0 Å². The maximum atomic E-state index is 3.74. The molecule has 0 aromatic heterocycles. The molecule has 1 saturated heterocycles. The Labute approximate surface area is 108 Å². The first-order valence-corrected chi connectivity index (χ1v) is 7.16. The van der Waals surface area contributed by atoms with Crippen molar-refractivity contribution in [1.82, 2.24) is 10.6 Å². The van der Waals surface area contributed by atoms with Crippen LogP contribution in [0.1, 0.15) is 60.8 Å². The second-order valence-corrected chi connectivity index (χ2v) is 7.78. The molecule has 1 aliphatic heterocycles. The zero-order valence-electron chi connectivity index (χ0n) is 12.7. The summed E-state index contributed by atoms with van der Waals surface area (Å²) < 4.78 is 0. The van der Waals surface area contributed by atoms with E-state index in [1.165, 1.54) is 25.8 Å². The monoisotopic (exact) mass is 240 g/mol. The van der Waals surface area contributed by atoms with Gasteiger partial charge in [-0.15, -0.1) is 0 Å². The van der Waals surface area contributed by atoms with Crippen molar-refractivity contribution in [2.75, 3.05) is 13.1 Å². The molecule has 1 fully saturated rings. The van der Waals surface area contributed by atoms with E-state index in [2.05, 4.69) is 52.2 Å². The first-order chi connectivity index (χ1) is 7.68. The molecule has 0 saturated carbocycles. The molecule has 1 rings (SSSR count). The Hall–Kier alpha value is -0.0800. The fourth-order valence-electron chi connectivity index (χ4n) is 3.16. The van der Waals surface area contributed by atoms with Gasteiger partial charge in [0.15, 0.2) is 0 Å². The molecule has 0 spiro atoms. The summed E-state index contributed by atoms with van der Waals surface area (Å²) in [6, 6.07) is 0.665. The highest BCUT2D eigenvalue weighted by molar-refractivity contribution is 4.86. The number of nitrogens with one attached hydrogen (secondary N) is 2. The van der Waals surface area contributed by atoms with Gasteiger partial charge in [-0.3, -0.25) is 0 Å². The third-order valence-corrected chi connectivity index (χ3v) is 3.56. The predicted molar refractivity (Wildman–Crippen MR) is 76.3 cm³/mol. The lowest BCUT2D eigenvalue weighted by Crippen LogP contribution is -2.51. The number of rotatable bonds is 4. The molecule has 0 aromatic rings. The van der Waals surface area contributed by atoms with E-state index in [9.17, 15) is 0 Å². The molecule has 0 amide bonds. The van der Waals surface area contributed by atoms with Gasteiger partial charge in [0.1, 0.15) is 0 Å². The van der Waals surface area contributed by atoms with Gasteiger partial charge in [-0.1, -0.05) is 27.7 Å². The summed E-state index contributed by atoms with van der Waals surface area (Å²) >= 11 is 0. The Balaban J connectivity index is 2.33. The van der Waals surface area contributed by atoms with E-state index in [1.54, 1.807) is 0 Å². The van der Waals surface area contributed by atoms with Crippen molar-refractivity contribution in [3.8, 4) is 0 Å². The predicted octanol–water partition coefficient (Wildman–Crippen LogP) is 3.18. The molecule has 102 valence electrons. The van der Waals surface area contributed by atoms with Crippen LogP contribution in [0.25, 0.3) is 0 Å². The third-order valence-electron chi connectivity index (χ3n) is 3.56. The zero-order chi connectivity index (χ0) is 13.1. The van der Waals surface area contributed by atoms with Gasteiger partial charge in [0.2, 0.25) is 0 Å². The van der Waals surface area contributed by atoms with Gasteiger partial charge in [0, 0.05) is 18.1 Å². The molecule has 2 N–H and O–H groups in total. The van der Waals surface area contributed by atoms with Gasteiger partial charge in [-0.05, 0) is 51.0 Å². The Morgan fingerprint density at radius 2 is 1.82 bits per heavy atom. The molecule has 0 radical (unpaired) electrons. The van der Waals surface area contributed by atoms with Crippen LogP contribution in [0.2, 0.25) is 0 Å². The van der Waals surface area contributed by atoms with E-state index in [4.69, 9.17) is 0 Å². The molecular formula is C15H32N2. The van der Waals surface area contributed by atoms with Crippen LogP contribution in [0, 0.1) is 11.3 Å². The lowest BCUT2D eigenvalue weighted by Gasteiger charge is -2.36. The Kier molecular flexibility index (Phi) is 5.03. The van der Waals surface area contributed by atoms with Crippen LogP contribution in [0.15, 0.2) is 0 Å². The normalized spacial score (nSPS) is 27.2. The van der Waals surface area contributed by atoms with E-state index in [0.29, 0.717) is 11.5 Å². The Bertz CT molecular complexity index is 228. The minimum absolute atomic E-state index is 0.237. The Morgan fingerprint density at radius 1 is 1.18 bits per heavy atom. The van der Waals surface area contributed by atoms with Crippen molar-refractivity contribution < 1.29 is 0 Å². The molecular weight excluding hydrogens is 208 g/mol. The van der Waals surface area contributed by atoms with E-state index >= 15 is 0 Å². The third kappa shape index (κ3) is 6.42. The summed E-state index contributed by atoms with van der Waals surface area (Å²) in [6.07, 6.45) is 3.86. The molecule has 0 bridgehead atoms. The summed E-state index contributed by atoms with van der Waals surface area (Å²) in [5.74, 6) is 0.883. The summed E-state index contributed by atoms with van der Waals surface area (Å²) in [4.78, 5) is 0. The van der Waals surface area contributed by atoms with Gasteiger partial charge < -0.3 is 10.6 Å². The van der Waals surface area contributed by atoms with E-state index in [0.717, 1.165) is 12.5 Å². The molecule has 2 unspecified atom stereocenters. The van der Waals surface area contributed by atoms with Crippen LogP contribution >= 0.6 is 0 Å². The van der Waals surface area contributed by atoms with Crippen LogP contribution in [0.4, 0.5) is 0 Å². The molecule has 2 heteroatoms. The van der Waals surface area contributed by atoms with Crippen LogP contribution in [-0.4, -0.2) is 24.7 Å². The topological polar surface area (TPSA) is 24.1 Å². The van der Waals surface area contributed by atoms with Gasteiger partial charge in [-0.2, -0.15) is 0 Å². The first-order valence-electron chi connectivity index (χ1n) is 7.16. The molecule has 17 heavy (non-hydrogen) atoms. The number of hydrogen-bond donors (Lipinski definition) is 2. The van der Waals surface area contributed by atoms with Crippen molar-refractivity contribution in [2.45, 2.75) is 72.4 Å². The Morgan fingerprint density at radius 3 is 2.35 bits per heavy atom. The van der Waals surface area contributed by atoms with Gasteiger partial charge >= 0.3 is 0 Å². The quantitative estimate of drug-likeness (QED) is 0.788. The highest BCUT2D eigenvalue weighted by Crippen LogP contribution is 2.27. The van der Waals surface area contributed by atoms with Crippen molar-refractivity contribution in [2.24, 2.45) is 11.3 Å². The van der Waals surface area contributed by atoms with Crippen molar-refractivity contribution in [3.05, 3.63) is 0 Å². The molecule has 2 atom stereocenters. The second-order valence-electron chi connectivity index (χ2n) is 7.78. The molecule has 1 aliphatic rings. The van der Waals surface area contributed by atoms with E-state index < -0.39 is 0 Å². The SMILES string of the molecule is CC1CCNC(CNC(C)(C)CC(C)(C)C)C1. The highest BCUT2D eigenvalue weighted by Gasteiger charge is 2.26. The smallest absolute Gasteiger partial charge is 0.0195 e. The summed E-state index contributed by atoms with van der Waals surface area (Å²) in [5.41, 5.74) is 0.629. The van der Waals surface area contributed by atoms with Crippen LogP contribution in [0.3, 0.4) is 0 Å². The average Bonchev–Trinajstić information content (AvgIpc) is 2.11. The number of hydrogen-bond acceptors (Lipinski definition) is 2. The highest BCUT2D eigenvalue weighted by atomic mass is 15.0. The molecule has 1 heterocycles. The summed E-state index contributed by atoms with van der Waals surface area (Å²) in [6.45, 7) is 16.3. The standard InChI is InChI=1S/C15H32N2/c1-12-7-8-16-13(9-12)10-17-15(5,6)11-14(2,3)4/h12-13,16-17H,7-11H2,1-6H3. The summed E-state index contributed by atoms with van der Waals surface area (Å²) in [5, 5.41) is 7.37. The fraction of sp³-hybridized carbons (Fsp3) is 1.00. The lowest BCUT2D eigenvalue weighted by molar-refractivity contribution is 0.222. The van der Waals surface area contributed by atoms with Gasteiger partial charge in [0.05, 0.1) is 0 Å². The van der Waals surface area contributed by atoms with Crippen LogP contribution < -0.4 is 10.6 Å². The van der Waals surface area contributed by atoms with Crippen molar-refractivity contribution in [3.63, 3.8) is 0 Å². The molecule has 0 aromatic carbocycles. The molecule has 2 nitrogen and oxygen atoms in total. The van der Waals surface area contributed by atoms with Crippen LogP contribution in [0.5, 0.6) is 0 Å². The fourth-order valence-corrected chi connectivity index (χ4v) is 3.16.